The Morgan fingerprint density at radius 3 is 2.28 bits per heavy atom. The zero-order chi connectivity index (χ0) is 37.9. The van der Waals surface area contributed by atoms with Crippen LogP contribution in [0.4, 0.5) is 36.3 Å². The summed E-state index contributed by atoms with van der Waals surface area (Å²) in [6.45, 7) is 8.21. The first-order valence-electron chi connectivity index (χ1n) is 18.1. The lowest BCUT2D eigenvalue weighted by molar-refractivity contribution is -0.137. The van der Waals surface area contributed by atoms with E-state index in [9.17, 15) is 22.8 Å². The maximum Gasteiger partial charge on any atom is 0.421 e. The number of likely N-dealkylation sites (N-methyl/N-ethyl adjacent to an activating group) is 1. The van der Waals surface area contributed by atoms with Gasteiger partial charge in [0.1, 0.15) is 17.1 Å². The molecule has 12 nitrogen and oxygen atoms in total. The molecule has 0 bridgehead atoms. The van der Waals surface area contributed by atoms with Gasteiger partial charge in [0.25, 0.3) is 0 Å². The average molecular weight is 760 g/mol. The molecule has 2 fully saturated rings. The van der Waals surface area contributed by atoms with Gasteiger partial charge in [-0.05, 0) is 81.8 Å². The highest BCUT2D eigenvalue weighted by Crippen LogP contribution is 2.52. The quantitative estimate of drug-likeness (QED) is 0.114. The fourth-order valence-electron chi connectivity index (χ4n) is 7.52. The molecule has 2 aromatic carbocycles. The van der Waals surface area contributed by atoms with Crippen molar-refractivity contribution >= 4 is 41.5 Å². The van der Waals surface area contributed by atoms with Gasteiger partial charge in [0.05, 0.1) is 43.2 Å². The van der Waals surface area contributed by atoms with Gasteiger partial charge < -0.3 is 39.0 Å². The van der Waals surface area contributed by atoms with E-state index in [1.807, 2.05) is 12.3 Å². The van der Waals surface area contributed by atoms with Crippen molar-refractivity contribution in [1.82, 2.24) is 24.3 Å². The number of aromatic hydroxyl groups is 1. The highest BCUT2D eigenvalue weighted by atomic mass is 31.2. The highest BCUT2D eigenvalue weighted by molar-refractivity contribution is 7.53. The van der Waals surface area contributed by atoms with Gasteiger partial charge in [0, 0.05) is 57.0 Å². The molecule has 0 amide bonds. The Balaban J connectivity index is 1.26. The van der Waals surface area contributed by atoms with E-state index < -0.39 is 25.2 Å². The van der Waals surface area contributed by atoms with E-state index >= 15 is 0 Å². The van der Waals surface area contributed by atoms with Crippen LogP contribution in [0.1, 0.15) is 62.1 Å². The van der Waals surface area contributed by atoms with Gasteiger partial charge in [-0.25, -0.2) is 4.98 Å². The minimum atomic E-state index is -4.77. The second-order valence-corrected chi connectivity index (χ2v) is 15.8. The maximum absolute atomic E-state index is 14.3. The first-order chi connectivity index (χ1) is 25.3. The Bertz CT molecular complexity index is 1930. The molecule has 53 heavy (non-hydrogen) atoms. The molecule has 0 unspecified atom stereocenters. The molecule has 16 heteroatoms. The minimum Gasteiger partial charge on any atom is -0.495 e. The number of nitrogens with one attached hydrogen (secondary N) is 2. The molecule has 288 valence electrons. The Hall–Kier alpha value is -3.88. The summed E-state index contributed by atoms with van der Waals surface area (Å²) in [4.78, 5) is 13.2. The number of alkyl halides is 3. The Kier molecular flexibility index (Phi) is 11.9. The second-order valence-electron chi connectivity index (χ2n) is 13.7. The number of piperazine rings is 1. The van der Waals surface area contributed by atoms with Crippen LogP contribution in [0.3, 0.4) is 0 Å². The summed E-state index contributed by atoms with van der Waals surface area (Å²) in [5.74, 6) is -0.0686. The van der Waals surface area contributed by atoms with Gasteiger partial charge in [-0.3, -0.25) is 9.46 Å². The van der Waals surface area contributed by atoms with Gasteiger partial charge in [0.15, 0.2) is 0 Å². The highest BCUT2D eigenvalue weighted by Gasteiger charge is 2.36. The summed E-state index contributed by atoms with van der Waals surface area (Å²) in [5, 5.41) is 18.3. The van der Waals surface area contributed by atoms with Crippen molar-refractivity contribution in [3.8, 4) is 11.6 Å². The number of hydrogen-bond acceptors (Lipinski definition) is 11. The Labute approximate surface area is 308 Å². The number of aromatic nitrogens is 3. The molecule has 2 aliphatic rings. The molecule has 4 aromatic rings. The summed E-state index contributed by atoms with van der Waals surface area (Å²) in [5.41, 5.74) is 1.29. The van der Waals surface area contributed by atoms with Crippen LogP contribution in [0.25, 0.3) is 10.8 Å². The summed E-state index contributed by atoms with van der Waals surface area (Å²) < 4.78 is 74.1. The number of aryl methyl sites for hydroxylation is 1. The standard InChI is InChI=1S/C37H49F3N7O5P/c1-6-51-53(49,52-7-2)23-24-8-14-30(32(20-24)50-5)43-36-41-21-29(37(38,39)40)34(44-36)42-31-15-13-27(28-22-46(4)35(48)33(28)31)25-9-11-26(12-10-25)47-18-16-45(3)17-19-47/h8,13-15,20-22,25-26,48H,6-7,9-12,16-19,23H2,1-5H3,(H2,41,42,43,44). The number of nitrogens with zero attached hydrogens (tertiary/aromatic N) is 5. The molecule has 1 saturated carbocycles. The lowest BCUT2D eigenvalue weighted by Crippen LogP contribution is -2.49. The van der Waals surface area contributed by atoms with Crippen molar-refractivity contribution in [2.24, 2.45) is 7.05 Å². The molecule has 0 radical (unpaired) electrons. The van der Waals surface area contributed by atoms with Gasteiger partial charge in [-0.1, -0.05) is 12.1 Å². The number of ether oxygens (including phenoxy) is 1. The zero-order valence-corrected chi connectivity index (χ0v) is 31.8. The summed E-state index contributed by atoms with van der Waals surface area (Å²) in [6.07, 6.45) is 1.95. The molecule has 3 heterocycles. The van der Waals surface area contributed by atoms with Crippen LogP contribution in [-0.2, 0) is 33.0 Å². The van der Waals surface area contributed by atoms with Crippen molar-refractivity contribution in [2.45, 2.75) is 63.8 Å². The number of rotatable bonds is 13. The van der Waals surface area contributed by atoms with Gasteiger partial charge in [-0.2, -0.15) is 18.2 Å². The lowest BCUT2D eigenvalue weighted by atomic mass is 9.80. The molecule has 1 aliphatic heterocycles. The molecule has 0 spiro atoms. The maximum atomic E-state index is 14.3. The monoisotopic (exact) mass is 759 g/mol. The molecular formula is C37H49F3N7O5P. The fraction of sp³-hybridized carbons (Fsp3) is 0.514. The van der Waals surface area contributed by atoms with E-state index in [4.69, 9.17) is 13.8 Å². The van der Waals surface area contributed by atoms with Crippen LogP contribution in [0.15, 0.2) is 42.7 Å². The number of benzene rings is 2. The first kappa shape index (κ1) is 38.8. The number of fused-ring (bicyclic) bond motifs is 1. The Morgan fingerprint density at radius 1 is 0.962 bits per heavy atom. The van der Waals surface area contributed by atoms with Crippen molar-refractivity contribution in [3.05, 3.63) is 59.4 Å². The third-order valence-corrected chi connectivity index (χ3v) is 12.3. The molecular weight excluding hydrogens is 710 g/mol. The van der Waals surface area contributed by atoms with Gasteiger partial charge >= 0.3 is 13.8 Å². The van der Waals surface area contributed by atoms with E-state index in [0.29, 0.717) is 34.6 Å². The molecule has 1 saturated heterocycles. The van der Waals surface area contributed by atoms with E-state index in [2.05, 4.69) is 37.4 Å². The SMILES string of the molecule is CCOP(=O)(Cc1ccc(Nc2ncc(C(F)(F)F)c(Nc3ccc(C4CCC(N5CCN(C)CC5)CC4)c4cn(C)c(O)c34)n2)c(OC)c1)OCC. The predicted molar refractivity (Wildman–Crippen MR) is 200 cm³/mol. The van der Waals surface area contributed by atoms with Crippen LogP contribution in [-0.4, -0.2) is 89.0 Å². The minimum absolute atomic E-state index is 0.00757. The third kappa shape index (κ3) is 8.76. The van der Waals surface area contributed by atoms with Crippen molar-refractivity contribution < 1.29 is 36.6 Å². The van der Waals surface area contributed by atoms with Crippen LogP contribution < -0.4 is 15.4 Å². The smallest absolute Gasteiger partial charge is 0.421 e. The largest absolute Gasteiger partial charge is 0.495 e. The molecule has 2 aromatic heterocycles. The Morgan fingerprint density at radius 2 is 1.64 bits per heavy atom. The fourth-order valence-corrected chi connectivity index (χ4v) is 9.21. The third-order valence-electron chi connectivity index (χ3n) is 10.2. The predicted octanol–water partition coefficient (Wildman–Crippen LogP) is 8.23. The average Bonchev–Trinajstić information content (AvgIpc) is 3.43. The van der Waals surface area contributed by atoms with Crippen molar-refractivity contribution in [1.29, 1.82) is 0 Å². The van der Waals surface area contributed by atoms with E-state index in [0.717, 1.165) is 62.8 Å². The second kappa shape index (κ2) is 16.2. The van der Waals surface area contributed by atoms with Gasteiger partial charge in [0.2, 0.25) is 11.8 Å². The first-order valence-corrected chi connectivity index (χ1v) is 19.8. The van der Waals surface area contributed by atoms with Crippen molar-refractivity contribution in [3.63, 3.8) is 0 Å². The molecule has 1 aliphatic carbocycles. The van der Waals surface area contributed by atoms with E-state index in [-0.39, 0.29) is 42.8 Å². The van der Waals surface area contributed by atoms with E-state index in [1.54, 1.807) is 49.7 Å². The van der Waals surface area contributed by atoms with Crippen LogP contribution in [0.2, 0.25) is 0 Å². The van der Waals surface area contributed by atoms with Crippen LogP contribution in [0.5, 0.6) is 11.6 Å². The zero-order valence-electron chi connectivity index (χ0n) is 30.9. The molecule has 0 atom stereocenters. The topological polar surface area (TPSA) is 126 Å². The van der Waals surface area contributed by atoms with Crippen LogP contribution >= 0.6 is 7.60 Å². The number of methoxy groups -OCH3 is 1. The number of hydrogen-bond donors (Lipinski definition) is 3. The molecule has 6 rings (SSSR count). The summed E-state index contributed by atoms with van der Waals surface area (Å²) >= 11 is 0. The summed E-state index contributed by atoms with van der Waals surface area (Å²) in [6, 6.07) is 9.21. The van der Waals surface area contributed by atoms with E-state index in [1.165, 1.54) is 7.11 Å². The van der Waals surface area contributed by atoms with Gasteiger partial charge in [-0.15, -0.1) is 0 Å². The number of anilines is 4. The summed E-state index contributed by atoms with van der Waals surface area (Å²) in [7, 11) is 1.92. The lowest BCUT2D eigenvalue weighted by Gasteiger charge is -2.41. The van der Waals surface area contributed by atoms with Crippen molar-refractivity contribution in [2.75, 3.05) is 64.2 Å². The molecule has 3 N–H and O–H groups in total. The number of halogens is 3. The van der Waals surface area contributed by atoms with Crippen LogP contribution in [0, 0.1) is 0 Å². The normalized spacial score (nSPS) is 19.1.